The molecule has 0 aromatic heterocycles. The van der Waals surface area contributed by atoms with Crippen molar-refractivity contribution < 1.29 is 4.84 Å². The first-order valence-corrected chi connectivity index (χ1v) is 2.94. The summed E-state index contributed by atoms with van der Waals surface area (Å²) in [6.45, 7) is 4.14. The summed E-state index contributed by atoms with van der Waals surface area (Å²) < 4.78 is 0. The fourth-order valence-corrected chi connectivity index (χ4v) is 0.508. The lowest BCUT2D eigenvalue weighted by molar-refractivity contribution is 0.212. The zero-order chi connectivity index (χ0) is 6.41. The minimum atomic E-state index is 0.990. The quantitative estimate of drug-likeness (QED) is 0.406. The molecular weight excluding hydrogens is 102 g/mol. The predicted octanol–water partition coefficient (Wildman–Crippen LogP) is 1.81. The van der Waals surface area contributed by atoms with E-state index in [2.05, 4.69) is 23.8 Å². The Morgan fingerprint density at radius 3 is 2.00 bits per heavy atom. The van der Waals surface area contributed by atoms with Crippen LogP contribution in [-0.2, 0) is 4.84 Å². The van der Waals surface area contributed by atoms with E-state index in [9.17, 15) is 0 Å². The van der Waals surface area contributed by atoms with Crippen molar-refractivity contribution in [3.8, 4) is 0 Å². The van der Waals surface area contributed by atoms with Crippen molar-refractivity contribution in [1.82, 2.24) is 0 Å². The van der Waals surface area contributed by atoms with E-state index in [0.29, 0.717) is 0 Å². The summed E-state index contributed by atoms with van der Waals surface area (Å²) in [5.41, 5.74) is 1.12. The monoisotopic (exact) mass is 115 g/mol. The van der Waals surface area contributed by atoms with Gasteiger partial charge >= 0.3 is 0 Å². The minimum absolute atomic E-state index is 0.990. The van der Waals surface area contributed by atoms with E-state index in [4.69, 9.17) is 0 Å². The van der Waals surface area contributed by atoms with E-state index in [0.717, 1.165) is 18.6 Å². The highest BCUT2D eigenvalue weighted by molar-refractivity contribution is 5.83. The molecule has 2 heteroatoms. The van der Waals surface area contributed by atoms with E-state index in [1.54, 1.807) is 7.11 Å². The summed E-state index contributed by atoms with van der Waals surface area (Å²) in [6, 6.07) is 0. The van der Waals surface area contributed by atoms with Crippen LogP contribution in [0.15, 0.2) is 5.16 Å². The standard InChI is InChI=1S/C6H13NO/c1-4-6(5-2)7-8-3/h4-5H2,1-3H3. The molecule has 48 valence electrons. The summed E-state index contributed by atoms with van der Waals surface area (Å²) in [4.78, 5) is 4.57. The first kappa shape index (κ1) is 7.47. The third-order valence-corrected chi connectivity index (χ3v) is 1.04. The second kappa shape index (κ2) is 4.62. The van der Waals surface area contributed by atoms with Crippen LogP contribution in [0, 0.1) is 0 Å². The van der Waals surface area contributed by atoms with Crippen LogP contribution in [0.5, 0.6) is 0 Å². The molecule has 0 bridgehead atoms. The third-order valence-electron chi connectivity index (χ3n) is 1.04. The fraction of sp³-hybridized carbons (Fsp3) is 0.833. The van der Waals surface area contributed by atoms with Crippen LogP contribution in [0.3, 0.4) is 0 Å². The number of hydrogen-bond donors (Lipinski definition) is 0. The van der Waals surface area contributed by atoms with Crippen LogP contribution >= 0.6 is 0 Å². The molecule has 0 aromatic rings. The van der Waals surface area contributed by atoms with Gasteiger partial charge in [0.25, 0.3) is 0 Å². The highest BCUT2D eigenvalue weighted by Gasteiger charge is 1.88. The van der Waals surface area contributed by atoms with E-state index < -0.39 is 0 Å². The fourth-order valence-electron chi connectivity index (χ4n) is 0.508. The van der Waals surface area contributed by atoms with Gasteiger partial charge in [-0.05, 0) is 12.8 Å². The molecule has 0 spiro atoms. The first-order chi connectivity index (χ1) is 3.85. The molecule has 0 rings (SSSR count). The highest BCUT2D eigenvalue weighted by Crippen LogP contribution is 1.90. The van der Waals surface area contributed by atoms with Gasteiger partial charge in [-0.15, -0.1) is 0 Å². The lowest BCUT2D eigenvalue weighted by atomic mass is 10.2. The van der Waals surface area contributed by atoms with Crippen LogP contribution in [0.2, 0.25) is 0 Å². The Labute approximate surface area is 50.5 Å². The molecule has 8 heavy (non-hydrogen) atoms. The molecule has 0 saturated heterocycles. The van der Waals surface area contributed by atoms with Gasteiger partial charge in [0, 0.05) is 0 Å². The van der Waals surface area contributed by atoms with Gasteiger partial charge in [0.05, 0.1) is 5.71 Å². The van der Waals surface area contributed by atoms with E-state index in [-0.39, 0.29) is 0 Å². The van der Waals surface area contributed by atoms with Crippen molar-refractivity contribution in [1.29, 1.82) is 0 Å². The maximum atomic E-state index is 4.57. The molecule has 0 aliphatic rings. The van der Waals surface area contributed by atoms with Crippen molar-refractivity contribution in [2.75, 3.05) is 7.11 Å². The summed E-state index contributed by atoms with van der Waals surface area (Å²) >= 11 is 0. The largest absolute Gasteiger partial charge is 0.399 e. The number of nitrogens with zero attached hydrogens (tertiary/aromatic N) is 1. The van der Waals surface area contributed by atoms with Crippen molar-refractivity contribution in [2.45, 2.75) is 26.7 Å². The SMILES string of the molecule is CCC(CC)=NOC. The molecule has 0 heterocycles. The van der Waals surface area contributed by atoms with Gasteiger partial charge in [-0.3, -0.25) is 0 Å². The minimum Gasteiger partial charge on any atom is -0.399 e. The summed E-state index contributed by atoms with van der Waals surface area (Å²) in [5, 5.41) is 3.78. The Bertz CT molecular complexity index is 72.6. The lowest BCUT2D eigenvalue weighted by Crippen LogP contribution is -1.92. The summed E-state index contributed by atoms with van der Waals surface area (Å²) in [7, 11) is 1.57. The van der Waals surface area contributed by atoms with Gasteiger partial charge in [0.2, 0.25) is 0 Å². The first-order valence-electron chi connectivity index (χ1n) is 2.94. The number of rotatable bonds is 3. The van der Waals surface area contributed by atoms with Gasteiger partial charge in [-0.2, -0.15) is 0 Å². The van der Waals surface area contributed by atoms with Crippen LogP contribution in [0.1, 0.15) is 26.7 Å². The smallest absolute Gasteiger partial charge is 0.106 e. The Morgan fingerprint density at radius 1 is 1.38 bits per heavy atom. The molecule has 0 fully saturated rings. The van der Waals surface area contributed by atoms with Crippen molar-refractivity contribution in [3.63, 3.8) is 0 Å². The van der Waals surface area contributed by atoms with Crippen LogP contribution in [0.25, 0.3) is 0 Å². The van der Waals surface area contributed by atoms with Gasteiger partial charge < -0.3 is 4.84 Å². The molecule has 0 atom stereocenters. The summed E-state index contributed by atoms with van der Waals surface area (Å²) in [5.74, 6) is 0. The maximum absolute atomic E-state index is 4.57. The van der Waals surface area contributed by atoms with Crippen LogP contribution in [-0.4, -0.2) is 12.8 Å². The van der Waals surface area contributed by atoms with Crippen molar-refractivity contribution in [3.05, 3.63) is 0 Å². The average molecular weight is 115 g/mol. The summed E-state index contributed by atoms with van der Waals surface area (Å²) in [6.07, 6.45) is 1.98. The van der Waals surface area contributed by atoms with Crippen LogP contribution in [0.4, 0.5) is 0 Å². The molecule has 0 radical (unpaired) electrons. The Morgan fingerprint density at radius 2 is 1.88 bits per heavy atom. The second-order valence-electron chi connectivity index (χ2n) is 1.55. The molecule has 0 N–H and O–H groups in total. The van der Waals surface area contributed by atoms with Gasteiger partial charge in [0.1, 0.15) is 7.11 Å². The second-order valence-corrected chi connectivity index (χ2v) is 1.55. The van der Waals surface area contributed by atoms with E-state index in [1.165, 1.54) is 0 Å². The Balaban J connectivity index is 3.49. The van der Waals surface area contributed by atoms with Crippen LogP contribution < -0.4 is 0 Å². The Kier molecular flexibility index (Phi) is 4.32. The lowest BCUT2D eigenvalue weighted by Gasteiger charge is -1.94. The third kappa shape index (κ3) is 2.61. The molecule has 0 aliphatic carbocycles. The van der Waals surface area contributed by atoms with E-state index >= 15 is 0 Å². The normalized spacial score (nSPS) is 8.38. The topological polar surface area (TPSA) is 21.6 Å². The maximum Gasteiger partial charge on any atom is 0.106 e. The molecule has 0 aromatic carbocycles. The zero-order valence-electron chi connectivity index (χ0n) is 5.77. The number of hydrogen-bond acceptors (Lipinski definition) is 2. The molecule has 0 saturated carbocycles. The molecule has 0 amide bonds. The predicted molar refractivity (Wildman–Crippen MR) is 35.0 cm³/mol. The van der Waals surface area contributed by atoms with Crippen molar-refractivity contribution in [2.24, 2.45) is 5.16 Å². The van der Waals surface area contributed by atoms with Gasteiger partial charge in [-0.1, -0.05) is 19.0 Å². The van der Waals surface area contributed by atoms with Gasteiger partial charge in [0.15, 0.2) is 0 Å². The molecule has 0 aliphatic heterocycles. The highest BCUT2D eigenvalue weighted by atomic mass is 16.6. The number of oxime groups is 1. The van der Waals surface area contributed by atoms with Gasteiger partial charge in [-0.25, -0.2) is 0 Å². The average Bonchev–Trinajstić information content (AvgIpc) is 1.83. The molecule has 2 nitrogen and oxygen atoms in total. The molecular formula is C6H13NO. The Hall–Kier alpha value is -0.530. The zero-order valence-corrected chi connectivity index (χ0v) is 5.77. The molecule has 0 unspecified atom stereocenters. The van der Waals surface area contributed by atoms with Crippen molar-refractivity contribution >= 4 is 5.71 Å². The van der Waals surface area contributed by atoms with E-state index in [1.807, 2.05) is 0 Å².